The molecule has 0 amide bonds. The van der Waals surface area contributed by atoms with Crippen LogP contribution in [0.15, 0.2) is 59.1 Å². The van der Waals surface area contributed by atoms with Gasteiger partial charge in [-0.3, -0.25) is 9.59 Å². The fourth-order valence-corrected chi connectivity index (χ4v) is 2.81. The molecule has 0 saturated heterocycles. The molecule has 1 unspecified atom stereocenters. The van der Waals surface area contributed by atoms with Crippen LogP contribution in [0.4, 0.5) is 0 Å². The van der Waals surface area contributed by atoms with Gasteiger partial charge >= 0.3 is 5.97 Å². The van der Waals surface area contributed by atoms with Crippen LogP contribution in [0.5, 0.6) is 0 Å². The summed E-state index contributed by atoms with van der Waals surface area (Å²) in [6.07, 6.45) is 0.690. The number of hydrogen-bond donors (Lipinski definition) is 1. The Morgan fingerprint density at radius 1 is 1.00 bits per heavy atom. The summed E-state index contributed by atoms with van der Waals surface area (Å²) >= 11 is 3.37. The Kier molecular flexibility index (Phi) is 5.90. The summed E-state index contributed by atoms with van der Waals surface area (Å²) in [5, 5.41) is 9.35. The van der Waals surface area contributed by atoms with E-state index in [0.29, 0.717) is 6.42 Å². The molecule has 0 fully saturated rings. The third kappa shape index (κ3) is 5.11. The van der Waals surface area contributed by atoms with Gasteiger partial charge in [0.05, 0.1) is 5.92 Å². The largest absolute Gasteiger partial charge is 0.481 e. The van der Waals surface area contributed by atoms with E-state index in [1.165, 1.54) is 0 Å². The van der Waals surface area contributed by atoms with Crippen LogP contribution in [0.25, 0.3) is 0 Å². The summed E-state index contributed by atoms with van der Waals surface area (Å²) in [5.74, 6) is -1.67. The minimum Gasteiger partial charge on any atom is -0.481 e. The lowest BCUT2D eigenvalue weighted by molar-refractivity contribution is -0.143. The molecule has 0 aromatic heterocycles. The Balaban J connectivity index is 1.99. The van der Waals surface area contributed by atoms with E-state index in [1.54, 1.807) is 0 Å². The predicted octanol–water partition coefficient (Wildman–Crippen LogP) is 3.89. The van der Waals surface area contributed by atoms with E-state index < -0.39 is 11.9 Å². The van der Waals surface area contributed by atoms with Crippen LogP contribution in [-0.4, -0.2) is 16.9 Å². The van der Waals surface area contributed by atoms with Crippen molar-refractivity contribution in [1.82, 2.24) is 0 Å². The van der Waals surface area contributed by atoms with Crippen molar-refractivity contribution in [2.75, 3.05) is 0 Å². The smallest absolute Gasteiger partial charge is 0.307 e. The minimum atomic E-state index is -0.929. The number of halogens is 1. The Labute approximate surface area is 138 Å². The van der Waals surface area contributed by atoms with Crippen LogP contribution in [0.3, 0.4) is 0 Å². The number of carbonyl (C=O) groups is 2. The van der Waals surface area contributed by atoms with Gasteiger partial charge < -0.3 is 5.11 Å². The van der Waals surface area contributed by atoms with Gasteiger partial charge in [0.25, 0.3) is 0 Å². The molecule has 2 aromatic carbocycles. The molecule has 114 valence electrons. The fourth-order valence-electron chi connectivity index (χ4n) is 2.37. The molecule has 0 aliphatic rings. The van der Waals surface area contributed by atoms with Crippen molar-refractivity contribution < 1.29 is 14.7 Å². The van der Waals surface area contributed by atoms with Gasteiger partial charge in [0.2, 0.25) is 0 Å². The number of aliphatic carboxylic acids is 1. The van der Waals surface area contributed by atoms with E-state index in [0.717, 1.165) is 15.6 Å². The van der Waals surface area contributed by atoms with Crippen LogP contribution < -0.4 is 0 Å². The standard InChI is InChI=1S/C18H17BrO3/c19-16-8-4-7-14(10-16)9-15(18(21)22)12-17(20)11-13-5-2-1-3-6-13/h1-8,10,15H,9,11-12H2,(H,21,22). The molecule has 22 heavy (non-hydrogen) atoms. The Morgan fingerprint density at radius 3 is 2.32 bits per heavy atom. The van der Waals surface area contributed by atoms with Crippen LogP contribution >= 0.6 is 15.9 Å². The minimum absolute atomic E-state index is 0.0476. The van der Waals surface area contributed by atoms with E-state index in [4.69, 9.17) is 0 Å². The van der Waals surface area contributed by atoms with Crippen LogP contribution in [0.2, 0.25) is 0 Å². The topological polar surface area (TPSA) is 54.4 Å². The molecular formula is C18H17BrO3. The van der Waals surface area contributed by atoms with Crippen molar-refractivity contribution in [3.05, 3.63) is 70.2 Å². The lowest BCUT2D eigenvalue weighted by Crippen LogP contribution is -2.21. The molecule has 2 aromatic rings. The zero-order valence-corrected chi connectivity index (χ0v) is 13.6. The van der Waals surface area contributed by atoms with Crippen molar-refractivity contribution >= 4 is 27.7 Å². The van der Waals surface area contributed by atoms with Crippen LogP contribution in [0, 0.1) is 5.92 Å². The zero-order chi connectivity index (χ0) is 15.9. The van der Waals surface area contributed by atoms with Gasteiger partial charge in [0, 0.05) is 17.3 Å². The second-order valence-electron chi connectivity index (χ2n) is 5.27. The van der Waals surface area contributed by atoms with Crippen molar-refractivity contribution in [3.63, 3.8) is 0 Å². The Bertz CT molecular complexity index is 652. The first-order valence-corrected chi connectivity index (χ1v) is 7.87. The summed E-state index contributed by atoms with van der Waals surface area (Å²) in [6.45, 7) is 0. The molecule has 1 atom stereocenters. The molecule has 0 aliphatic carbocycles. The Hall–Kier alpha value is -1.94. The van der Waals surface area contributed by atoms with Crippen molar-refractivity contribution in [2.24, 2.45) is 5.92 Å². The summed E-state index contributed by atoms with van der Waals surface area (Å²) in [7, 11) is 0. The first-order chi connectivity index (χ1) is 10.5. The number of benzene rings is 2. The van der Waals surface area contributed by atoms with Gasteiger partial charge in [0.15, 0.2) is 0 Å². The van der Waals surface area contributed by atoms with Gasteiger partial charge in [-0.15, -0.1) is 0 Å². The molecule has 0 heterocycles. The molecule has 3 nitrogen and oxygen atoms in total. The molecular weight excluding hydrogens is 344 g/mol. The number of ketones is 1. The molecule has 2 rings (SSSR count). The first kappa shape index (κ1) is 16.4. The number of carboxylic acids is 1. The molecule has 0 radical (unpaired) electrons. The fraction of sp³-hybridized carbons (Fsp3) is 0.222. The van der Waals surface area contributed by atoms with Gasteiger partial charge in [0.1, 0.15) is 5.78 Å². The highest BCUT2D eigenvalue weighted by Gasteiger charge is 2.21. The van der Waals surface area contributed by atoms with Gasteiger partial charge in [-0.05, 0) is 29.7 Å². The summed E-state index contributed by atoms with van der Waals surface area (Å²) in [5.41, 5.74) is 1.83. The summed E-state index contributed by atoms with van der Waals surface area (Å²) < 4.78 is 0.907. The maximum atomic E-state index is 12.1. The maximum Gasteiger partial charge on any atom is 0.307 e. The number of carboxylic acid groups (broad SMARTS) is 1. The van der Waals surface area contributed by atoms with E-state index in [2.05, 4.69) is 15.9 Å². The number of Topliss-reactive ketones (excluding diaryl/α,β-unsaturated/α-hetero) is 1. The predicted molar refractivity (Wildman–Crippen MR) is 88.7 cm³/mol. The lowest BCUT2D eigenvalue weighted by Gasteiger charge is -2.12. The third-order valence-corrected chi connectivity index (χ3v) is 3.93. The lowest BCUT2D eigenvalue weighted by atomic mass is 9.92. The van der Waals surface area contributed by atoms with Crippen LogP contribution in [-0.2, 0) is 22.4 Å². The molecule has 0 saturated carbocycles. The van der Waals surface area contributed by atoms with Crippen molar-refractivity contribution in [2.45, 2.75) is 19.3 Å². The van der Waals surface area contributed by atoms with E-state index in [-0.39, 0.29) is 18.6 Å². The summed E-state index contributed by atoms with van der Waals surface area (Å²) in [4.78, 5) is 23.5. The van der Waals surface area contributed by atoms with E-state index >= 15 is 0 Å². The molecule has 0 aliphatic heterocycles. The molecule has 0 bridgehead atoms. The zero-order valence-electron chi connectivity index (χ0n) is 12.0. The highest BCUT2D eigenvalue weighted by atomic mass is 79.9. The average Bonchev–Trinajstić information content (AvgIpc) is 2.47. The monoisotopic (exact) mass is 360 g/mol. The van der Waals surface area contributed by atoms with Crippen LogP contribution in [0.1, 0.15) is 17.5 Å². The average molecular weight is 361 g/mol. The van der Waals surface area contributed by atoms with E-state index in [1.807, 2.05) is 54.6 Å². The first-order valence-electron chi connectivity index (χ1n) is 7.07. The maximum absolute atomic E-state index is 12.1. The third-order valence-electron chi connectivity index (χ3n) is 3.44. The quantitative estimate of drug-likeness (QED) is 0.814. The molecule has 1 N–H and O–H groups in total. The number of rotatable bonds is 7. The second kappa shape index (κ2) is 7.90. The van der Waals surface area contributed by atoms with Gasteiger partial charge in [-0.2, -0.15) is 0 Å². The second-order valence-corrected chi connectivity index (χ2v) is 6.19. The highest BCUT2D eigenvalue weighted by molar-refractivity contribution is 9.10. The molecule has 0 spiro atoms. The van der Waals surface area contributed by atoms with Crippen molar-refractivity contribution in [3.8, 4) is 0 Å². The normalized spacial score (nSPS) is 11.9. The van der Waals surface area contributed by atoms with E-state index in [9.17, 15) is 14.7 Å². The number of hydrogen-bond acceptors (Lipinski definition) is 2. The highest BCUT2D eigenvalue weighted by Crippen LogP contribution is 2.18. The van der Waals surface area contributed by atoms with Gasteiger partial charge in [-0.25, -0.2) is 0 Å². The Morgan fingerprint density at radius 2 is 1.68 bits per heavy atom. The molecule has 4 heteroatoms. The summed E-state index contributed by atoms with van der Waals surface area (Å²) in [6, 6.07) is 16.9. The SMILES string of the molecule is O=C(Cc1ccccc1)CC(Cc1cccc(Br)c1)C(=O)O. The van der Waals surface area contributed by atoms with Crippen molar-refractivity contribution in [1.29, 1.82) is 0 Å². The van der Waals surface area contributed by atoms with Gasteiger partial charge in [-0.1, -0.05) is 58.4 Å². The number of carbonyl (C=O) groups excluding carboxylic acids is 1.